The van der Waals surface area contributed by atoms with Gasteiger partial charge in [-0.3, -0.25) is 4.79 Å². The maximum atomic E-state index is 12.9. The van der Waals surface area contributed by atoms with Gasteiger partial charge in [0.15, 0.2) is 0 Å². The molecule has 0 saturated heterocycles. The number of benzene rings is 2. The summed E-state index contributed by atoms with van der Waals surface area (Å²) in [5, 5.41) is 0.326. The van der Waals surface area contributed by atoms with Gasteiger partial charge in [-0.2, -0.15) is 8.42 Å². The molecule has 0 saturated carbocycles. The molecule has 0 N–H and O–H groups in total. The van der Waals surface area contributed by atoms with Crippen molar-refractivity contribution in [3.05, 3.63) is 58.4 Å². The second-order valence-corrected chi connectivity index (χ2v) is 7.08. The zero-order valence-electron chi connectivity index (χ0n) is 13.9. The summed E-state index contributed by atoms with van der Waals surface area (Å²) in [6, 6.07) is 11.5. The van der Waals surface area contributed by atoms with E-state index >= 15 is 0 Å². The number of hydrogen-bond acceptors (Lipinski definition) is 6. The number of ether oxygens (including phenoxy) is 1. The van der Waals surface area contributed by atoms with Gasteiger partial charge >= 0.3 is 10.1 Å². The number of fused-ring (bicyclic) bond motifs is 1. The molecule has 1 aromatic heterocycles. The van der Waals surface area contributed by atoms with E-state index in [1.807, 2.05) is 12.1 Å². The average Bonchev–Trinajstić information content (AvgIpc) is 2.53. The topological polar surface area (TPSA) is 82.8 Å². The summed E-state index contributed by atoms with van der Waals surface area (Å²) in [5.41, 5.74) is 1.06. The SMILES string of the molecule is COc1ccccc1-c1c(C)oc2cc(OS(C)(=O)=O)ccc2c1=O. The Morgan fingerprint density at radius 2 is 1.80 bits per heavy atom. The van der Waals surface area contributed by atoms with Crippen LogP contribution in [0.15, 0.2) is 51.7 Å². The summed E-state index contributed by atoms with van der Waals surface area (Å²) in [4.78, 5) is 12.9. The van der Waals surface area contributed by atoms with Gasteiger partial charge in [-0.15, -0.1) is 0 Å². The van der Waals surface area contributed by atoms with E-state index in [9.17, 15) is 13.2 Å². The molecule has 7 heteroatoms. The number of rotatable bonds is 4. The predicted octanol–water partition coefficient (Wildman–Crippen LogP) is 3.12. The van der Waals surface area contributed by atoms with Crippen LogP contribution in [0, 0.1) is 6.92 Å². The molecule has 0 spiro atoms. The van der Waals surface area contributed by atoms with Crippen LogP contribution in [0.2, 0.25) is 0 Å². The van der Waals surface area contributed by atoms with E-state index in [1.54, 1.807) is 19.1 Å². The van der Waals surface area contributed by atoms with Gasteiger partial charge in [-0.25, -0.2) is 0 Å². The molecule has 0 aliphatic carbocycles. The van der Waals surface area contributed by atoms with E-state index in [0.717, 1.165) is 6.26 Å². The van der Waals surface area contributed by atoms with Crippen molar-refractivity contribution in [1.29, 1.82) is 0 Å². The number of hydrogen-bond donors (Lipinski definition) is 0. The summed E-state index contributed by atoms with van der Waals surface area (Å²) in [5.74, 6) is 1.05. The van der Waals surface area contributed by atoms with Crippen LogP contribution in [0.3, 0.4) is 0 Å². The Kier molecular flexibility index (Phi) is 4.26. The average molecular weight is 360 g/mol. The lowest BCUT2D eigenvalue weighted by Gasteiger charge is -2.11. The van der Waals surface area contributed by atoms with Crippen LogP contribution in [-0.2, 0) is 10.1 Å². The van der Waals surface area contributed by atoms with Crippen LogP contribution < -0.4 is 14.3 Å². The molecular weight excluding hydrogens is 344 g/mol. The Morgan fingerprint density at radius 3 is 2.48 bits per heavy atom. The minimum atomic E-state index is -3.66. The minimum absolute atomic E-state index is 0.0857. The number of methoxy groups -OCH3 is 1. The van der Waals surface area contributed by atoms with Crippen LogP contribution in [-0.4, -0.2) is 21.8 Å². The fraction of sp³-hybridized carbons (Fsp3) is 0.167. The Balaban J connectivity index is 2.24. The third-order valence-corrected chi connectivity index (χ3v) is 4.16. The highest BCUT2D eigenvalue weighted by Crippen LogP contribution is 2.32. The molecule has 0 bridgehead atoms. The predicted molar refractivity (Wildman–Crippen MR) is 94.7 cm³/mol. The molecule has 3 aromatic rings. The van der Waals surface area contributed by atoms with Gasteiger partial charge in [-0.05, 0) is 25.1 Å². The Morgan fingerprint density at radius 1 is 1.08 bits per heavy atom. The molecule has 2 aromatic carbocycles. The monoisotopic (exact) mass is 360 g/mol. The highest BCUT2D eigenvalue weighted by molar-refractivity contribution is 7.86. The second-order valence-electron chi connectivity index (χ2n) is 5.51. The van der Waals surface area contributed by atoms with Gasteiger partial charge < -0.3 is 13.3 Å². The molecule has 0 amide bonds. The first kappa shape index (κ1) is 17.0. The molecule has 0 aliphatic heterocycles. The summed E-state index contributed by atoms with van der Waals surface area (Å²) in [6.07, 6.45) is 0.948. The van der Waals surface area contributed by atoms with E-state index in [1.165, 1.54) is 25.3 Å². The third kappa shape index (κ3) is 3.36. The van der Waals surface area contributed by atoms with Gasteiger partial charge in [0, 0.05) is 11.6 Å². The Hall–Kier alpha value is -2.80. The van der Waals surface area contributed by atoms with Gasteiger partial charge in [-0.1, -0.05) is 18.2 Å². The van der Waals surface area contributed by atoms with Gasteiger partial charge in [0.25, 0.3) is 0 Å². The van der Waals surface area contributed by atoms with E-state index < -0.39 is 10.1 Å². The summed E-state index contributed by atoms with van der Waals surface area (Å²) in [6.45, 7) is 1.67. The zero-order valence-corrected chi connectivity index (χ0v) is 14.7. The molecule has 0 aliphatic rings. The first-order chi connectivity index (χ1) is 11.8. The smallest absolute Gasteiger partial charge is 0.306 e. The van der Waals surface area contributed by atoms with Crippen molar-refractivity contribution in [1.82, 2.24) is 0 Å². The van der Waals surface area contributed by atoms with Gasteiger partial charge in [0.2, 0.25) is 5.43 Å². The maximum absolute atomic E-state index is 12.9. The van der Waals surface area contributed by atoms with Crippen LogP contribution in [0.5, 0.6) is 11.5 Å². The molecule has 25 heavy (non-hydrogen) atoms. The number of para-hydroxylation sites is 1. The molecule has 1 heterocycles. The van der Waals surface area contributed by atoms with Crippen molar-refractivity contribution in [2.45, 2.75) is 6.92 Å². The minimum Gasteiger partial charge on any atom is -0.496 e. The first-order valence-corrected chi connectivity index (χ1v) is 9.22. The van der Waals surface area contributed by atoms with Crippen molar-refractivity contribution in [2.24, 2.45) is 0 Å². The maximum Gasteiger partial charge on any atom is 0.306 e. The molecular formula is C18H16O6S. The highest BCUT2D eigenvalue weighted by Gasteiger charge is 2.17. The van der Waals surface area contributed by atoms with Crippen molar-refractivity contribution in [3.8, 4) is 22.6 Å². The van der Waals surface area contributed by atoms with Crippen molar-refractivity contribution in [2.75, 3.05) is 13.4 Å². The van der Waals surface area contributed by atoms with Crippen molar-refractivity contribution >= 4 is 21.1 Å². The molecule has 0 atom stereocenters. The van der Waals surface area contributed by atoms with Crippen LogP contribution in [0.25, 0.3) is 22.1 Å². The van der Waals surface area contributed by atoms with Crippen LogP contribution >= 0.6 is 0 Å². The lowest BCUT2D eigenvalue weighted by Crippen LogP contribution is -2.09. The first-order valence-electron chi connectivity index (χ1n) is 7.40. The third-order valence-electron chi connectivity index (χ3n) is 3.66. The summed E-state index contributed by atoms with van der Waals surface area (Å²) >= 11 is 0. The molecule has 0 unspecified atom stereocenters. The summed E-state index contributed by atoms with van der Waals surface area (Å²) in [7, 11) is -2.13. The highest BCUT2D eigenvalue weighted by atomic mass is 32.2. The van der Waals surface area contributed by atoms with E-state index in [4.69, 9.17) is 13.3 Å². The molecule has 0 fully saturated rings. The van der Waals surface area contributed by atoms with E-state index in [-0.39, 0.29) is 16.8 Å². The molecule has 6 nitrogen and oxygen atoms in total. The van der Waals surface area contributed by atoms with Gasteiger partial charge in [0.05, 0.1) is 24.3 Å². The lowest BCUT2D eigenvalue weighted by molar-refractivity contribution is 0.416. The largest absolute Gasteiger partial charge is 0.496 e. The zero-order chi connectivity index (χ0) is 18.2. The Bertz CT molecular complexity index is 1110. The Labute approximate surface area is 144 Å². The quantitative estimate of drug-likeness (QED) is 0.665. The fourth-order valence-corrected chi connectivity index (χ4v) is 3.13. The lowest BCUT2D eigenvalue weighted by atomic mass is 10.0. The van der Waals surface area contributed by atoms with Crippen molar-refractivity contribution < 1.29 is 21.8 Å². The molecule has 3 rings (SSSR count). The van der Waals surface area contributed by atoms with Gasteiger partial charge in [0.1, 0.15) is 22.8 Å². The van der Waals surface area contributed by atoms with Crippen LogP contribution in [0.1, 0.15) is 5.76 Å². The molecule has 130 valence electrons. The summed E-state index contributed by atoms with van der Waals surface area (Å²) < 4.78 is 38.4. The standard InChI is InChI=1S/C18H16O6S/c1-11-17(13-6-4-5-7-15(13)22-2)18(19)14-9-8-12(10-16(14)23-11)24-25(3,20)21/h4-10H,1-3H3. The normalized spacial score (nSPS) is 11.5. The van der Waals surface area contributed by atoms with E-state index in [0.29, 0.717) is 28.0 Å². The molecule has 0 radical (unpaired) electrons. The number of aryl methyl sites for hydroxylation is 1. The van der Waals surface area contributed by atoms with Crippen molar-refractivity contribution in [3.63, 3.8) is 0 Å². The fourth-order valence-electron chi connectivity index (χ4n) is 2.67. The van der Waals surface area contributed by atoms with E-state index in [2.05, 4.69) is 0 Å². The second kappa shape index (κ2) is 6.25. The van der Waals surface area contributed by atoms with Crippen LogP contribution in [0.4, 0.5) is 0 Å².